The maximum Gasteiger partial charge on any atom is 0.0629 e. The van der Waals surface area contributed by atoms with Crippen LogP contribution in [0, 0.1) is 0 Å². The van der Waals surface area contributed by atoms with Gasteiger partial charge in [0.25, 0.3) is 0 Å². The average Bonchev–Trinajstić information content (AvgIpc) is 2.61. The second kappa shape index (κ2) is 2.36. The van der Waals surface area contributed by atoms with Crippen LogP contribution < -0.4 is 0 Å². The van der Waals surface area contributed by atoms with Crippen LogP contribution in [-0.4, -0.2) is 4.98 Å². The Labute approximate surface area is 77.8 Å². The van der Waals surface area contributed by atoms with Crippen molar-refractivity contribution < 1.29 is 1.37 Å². The number of aromatic nitrogens is 1. The first-order chi connectivity index (χ1) is 6.86. The van der Waals surface area contributed by atoms with Crippen molar-refractivity contribution in [2.24, 2.45) is 0 Å². The normalized spacial score (nSPS) is 12.2. The molecule has 0 fully saturated rings. The average molecular weight is 168 g/mol. The molecule has 1 heteroatoms. The molecule has 1 aliphatic carbocycles. The van der Waals surface area contributed by atoms with Gasteiger partial charge < -0.3 is 4.98 Å². The van der Waals surface area contributed by atoms with Crippen LogP contribution in [0.2, 0.25) is 0 Å². The lowest BCUT2D eigenvalue weighted by atomic mass is 10.1. The molecule has 1 aromatic carbocycles. The van der Waals surface area contributed by atoms with E-state index in [-0.39, 0.29) is 0 Å². The maximum atomic E-state index is 7.81. The van der Waals surface area contributed by atoms with Crippen LogP contribution in [0.3, 0.4) is 0 Å². The zero-order valence-electron chi connectivity index (χ0n) is 8.04. The summed E-state index contributed by atoms with van der Waals surface area (Å²) in [6.07, 6.45) is 1.95. The van der Waals surface area contributed by atoms with E-state index in [1.165, 1.54) is 0 Å². The number of hydrogen-bond acceptors (Lipinski definition) is 0. The minimum atomic E-state index is 0.602. The van der Waals surface area contributed by atoms with E-state index in [9.17, 15) is 0 Å². The van der Waals surface area contributed by atoms with Crippen molar-refractivity contribution in [3.05, 3.63) is 48.6 Å². The highest BCUT2D eigenvalue weighted by atomic mass is 14.7. The third-order valence-electron chi connectivity index (χ3n) is 2.36. The van der Waals surface area contributed by atoms with Crippen molar-refractivity contribution in [2.45, 2.75) is 0 Å². The van der Waals surface area contributed by atoms with E-state index in [1.807, 2.05) is 42.6 Å². The lowest BCUT2D eigenvalue weighted by Crippen LogP contribution is -1.81. The van der Waals surface area contributed by atoms with Crippen molar-refractivity contribution in [3.63, 3.8) is 0 Å². The van der Waals surface area contributed by atoms with Crippen LogP contribution >= 0.6 is 0 Å². The summed E-state index contributed by atoms with van der Waals surface area (Å²) in [5.41, 5.74) is 3.23. The number of aromatic amines is 1. The maximum absolute atomic E-state index is 7.81. The summed E-state index contributed by atoms with van der Waals surface area (Å²) in [6.45, 7) is 0. The molecule has 0 bridgehead atoms. The number of pyridine rings is 1. The summed E-state index contributed by atoms with van der Waals surface area (Å²) in [6, 6.07) is 12.5. The number of rotatable bonds is 0. The Hall–Kier alpha value is -1.76. The molecule has 1 aromatic rings. The van der Waals surface area contributed by atoms with Crippen molar-refractivity contribution in [1.82, 2.24) is 4.98 Å². The fraction of sp³-hybridized carbons (Fsp3) is 0. The molecule has 1 N–H and O–H groups in total. The molecule has 1 heterocycles. The molecule has 0 amide bonds. The fourth-order valence-corrected chi connectivity index (χ4v) is 1.72. The predicted octanol–water partition coefficient (Wildman–Crippen LogP) is 3.27. The number of benzene rings is 1. The standard InChI is InChI=1S/C12H9N/c1-2-7-12-11(5-1)10-6-3-4-9(10)8-13-12/h1-8,13H/i6D. The van der Waals surface area contributed by atoms with Crippen LogP contribution in [0.25, 0.3) is 22.0 Å². The van der Waals surface area contributed by atoms with Gasteiger partial charge in [0.15, 0.2) is 0 Å². The lowest BCUT2D eigenvalue weighted by molar-refractivity contribution is 1.42. The van der Waals surface area contributed by atoms with E-state index >= 15 is 0 Å². The molecule has 0 unspecified atom stereocenters. The number of fused-ring (bicyclic) bond motifs is 3. The van der Waals surface area contributed by atoms with Gasteiger partial charge in [0.05, 0.1) is 1.37 Å². The topological polar surface area (TPSA) is 15.8 Å². The Morgan fingerprint density at radius 3 is 3.00 bits per heavy atom. The second-order valence-corrected chi connectivity index (χ2v) is 3.14. The zero-order chi connectivity index (χ0) is 9.54. The van der Waals surface area contributed by atoms with Crippen LogP contribution in [0.5, 0.6) is 0 Å². The van der Waals surface area contributed by atoms with Gasteiger partial charge in [-0.2, -0.15) is 0 Å². The van der Waals surface area contributed by atoms with Crippen LogP contribution in [-0.2, 0) is 0 Å². The molecule has 0 saturated carbocycles. The van der Waals surface area contributed by atoms with Crippen LogP contribution in [0.4, 0.5) is 0 Å². The number of nitrogens with one attached hydrogen (secondary N) is 1. The van der Waals surface area contributed by atoms with Crippen molar-refractivity contribution in [3.8, 4) is 11.1 Å². The van der Waals surface area contributed by atoms with Crippen LogP contribution in [0.15, 0.2) is 48.6 Å². The van der Waals surface area contributed by atoms with Crippen molar-refractivity contribution in [2.75, 3.05) is 0 Å². The van der Waals surface area contributed by atoms with Crippen LogP contribution in [0.1, 0.15) is 1.37 Å². The monoisotopic (exact) mass is 168 g/mol. The van der Waals surface area contributed by atoms with Gasteiger partial charge >= 0.3 is 0 Å². The van der Waals surface area contributed by atoms with Gasteiger partial charge in [-0.3, -0.25) is 0 Å². The summed E-state index contributed by atoms with van der Waals surface area (Å²) >= 11 is 0. The van der Waals surface area contributed by atoms with E-state index in [4.69, 9.17) is 1.37 Å². The molecule has 0 radical (unpaired) electrons. The largest absolute Gasteiger partial charge is 0.361 e. The van der Waals surface area contributed by atoms with Gasteiger partial charge in [0, 0.05) is 17.1 Å². The van der Waals surface area contributed by atoms with Crippen molar-refractivity contribution in [1.29, 1.82) is 0 Å². The third-order valence-corrected chi connectivity index (χ3v) is 2.36. The Morgan fingerprint density at radius 2 is 2.00 bits per heavy atom. The van der Waals surface area contributed by atoms with Gasteiger partial charge in [-0.1, -0.05) is 36.4 Å². The molecule has 2 aliphatic rings. The van der Waals surface area contributed by atoms with Gasteiger partial charge in [0.1, 0.15) is 0 Å². The number of para-hydroxylation sites is 1. The predicted molar refractivity (Wildman–Crippen MR) is 54.9 cm³/mol. The molecule has 1 nitrogen and oxygen atoms in total. The molecule has 0 aromatic heterocycles. The van der Waals surface area contributed by atoms with Gasteiger partial charge in [-0.25, -0.2) is 0 Å². The molecular formula is C12H9N. The minimum absolute atomic E-state index is 0.602. The van der Waals surface area contributed by atoms with Gasteiger partial charge in [-0.05, 0) is 17.2 Å². The first-order valence-electron chi connectivity index (χ1n) is 4.82. The summed E-state index contributed by atoms with van der Waals surface area (Å²) < 4.78 is 7.81. The quantitative estimate of drug-likeness (QED) is 0.530. The molecule has 0 atom stereocenters. The molecule has 62 valence electrons. The summed E-state index contributed by atoms with van der Waals surface area (Å²) in [4.78, 5) is 3.22. The highest BCUT2D eigenvalue weighted by Gasteiger charge is 2.04. The number of H-pyrrole nitrogens is 1. The van der Waals surface area contributed by atoms with E-state index in [0.29, 0.717) is 6.04 Å². The summed E-state index contributed by atoms with van der Waals surface area (Å²) in [5, 5.41) is 1.13. The lowest BCUT2D eigenvalue weighted by Gasteiger charge is -2.04. The Bertz CT molecular complexity index is 568. The Kier molecular flexibility index (Phi) is 1.06. The third kappa shape index (κ3) is 0.872. The molecule has 1 aliphatic heterocycles. The molecule has 13 heavy (non-hydrogen) atoms. The SMILES string of the molecule is [2H]c1ccc2c[nH]c3ccccc3c1-2. The summed E-state index contributed by atoms with van der Waals surface area (Å²) in [7, 11) is 0. The van der Waals surface area contributed by atoms with E-state index < -0.39 is 0 Å². The highest BCUT2D eigenvalue weighted by molar-refractivity contribution is 5.95. The first-order valence-corrected chi connectivity index (χ1v) is 4.32. The highest BCUT2D eigenvalue weighted by Crippen LogP contribution is 2.29. The van der Waals surface area contributed by atoms with Gasteiger partial charge in [-0.15, -0.1) is 0 Å². The Balaban J connectivity index is 2.58. The Morgan fingerprint density at radius 1 is 1.08 bits per heavy atom. The molecule has 0 spiro atoms. The van der Waals surface area contributed by atoms with Crippen molar-refractivity contribution >= 4 is 10.9 Å². The molecular weight excluding hydrogens is 158 g/mol. The summed E-state index contributed by atoms with van der Waals surface area (Å²) in [5.74, 6) is 0. The number of hydrogen-bond donors (Lipinski definition) is 1. The van der Waals surface area contributed by atoms with Gasteiger partial charge in [0.2, 0.25) is 0 Å². The fourth-order valence-electron chi connectivity index (χ4n) is 1.72. The zero-order valence-corrected chi connectivity index (χ0v) is 7.04. The van der Waals surface area contributed by atoms with E-state index in [1.54, 1.807) is 0 Å². The second-order valence-electron chi connectivity index (χ2n) is 3.14. The molecule has 0 saturated heterocycles. The smallest absolute Gasteiger partial charge is 0.0629 e. The minimum Gasteiger partial charge on any atom is -0.361 e. The van der Waals surface area contributed by atoms with E-state index in [0.717, 1.165) is 22.0 Å². The first kappa shape index (κ1) is 5.81. The van der Waals surface area contributed by atoms with E-state index in [2.05, 4.69) is 4.98 Å². The molecule has 3 rings (SSSR count).